The lowest BCUT2D eigenvalue weighted by Crippen LogP contribution is -2.24. The Labute approximate surface area is 121 Å². The van der Waals surface area contributed by atoms with Crippen LogP contribution in [0.3, 0.4) is 0 Å². The average Bonchev–Trinajstić information content (AvgIpc) is 2.35. The highest BCUT2D eigenvalue weighted by atomic mass is 79.9. The van der Waals surface area contributed by atoms with Gasteiger partial charge in [-0.25, -0.2) is 4.39 Å². The van der Waals surface area contributed by atoms with Crippen LogP contribution in [0.2, 0.25) is 0 Å². The minimum atomic E-state index is -1.01. The number of aryl methyl sites for hydroxylation is 1. The van der Waals surface area contributed by atoms with Crippen LogP contribution in [0.25, 0.3) is 0 Å². The molecule has 0 amide bonds. The normalized spacial score (nSPS) is 14.2. The van der Waals surface area contributed by atoms with Gasteiger partial charge in [-0.05, 0) is 48.7 Å². The maximum absolute atomic E-state index is 13.3. The molecular formula is C16H16BrFO. The van der Waals surface area contributed by atoms with Gasteiger partial charge < -0.3 is 5.11 Å². The van der Waals surface area contributed by atoms with Gasteiger partial charge in [0.05, 0.1) is 5.60 Å². The van der Waals surface area contributed by atoms with Gasteiger partial charge in [-0.15, -0.1) is 0 Å². The first-order valence-corrected chi connectivity index (χ1v) is 6.91. The Balaban J connectivity index is 2.26. The molecule has 0 aliphatic rings. The first-order chi connectivity index (χ1) is 8.88. The maximum atomic E-state index is 13.3. The highest BCUT2D eigenvalue weighted by molar-refractivity contribution is 9.10. The van der Waals surface area contributed by atoms with Crippen LogP contribution < -0.4 is 0 Å². The second kappa shape index (κ2) is 5.43. The summed E-state index contributed by atoms with van der Waals surface area (Å²) in [6.07, 6.45) is 0.491. The molecule has 100 valence electrons. The van der Waals surface area contributed by atoms with Crippen LogP contribution in [0, 0.1) is 12.7 Å². The number of hydrogen-bond donors (Lipinski definition) is 1. The van der Waals surface area contributed by atoms with Crippen molar-refractivity contribution in [2.45, 2.75) is 25.9 Å². The fourth-order valence-corrected chi connectivity index (χ4v) is 2.35. The van der Waals surface area contributed by atoms with Gasteiger partial charge in [0, 0.05) is 10.9 Å². The molecule has 0 aliphatic heterocycles. The van der Waals surface area contributed by atoms with Gasteiger partial charge in [0.2, 0.25) is 0 Å². The zero-order valence-corrected chi connectivity index (χ0v) is 12.5. The third-order valence-corrected chi connectivity index (χ3v) is 3.77. The molecule has 0 heterocycles. The summed E-state index contributed by atoms with van der Waals surface area (Å²) in [6, 6.07) is 12.6. The molecule has 0 bridgehead atoms. The van der Waals surface area contributed by atoms with Crippen LogP contribution in [-0.2, 0) is 12.0 Å². The molecule has 1 unspecified atom stereocenters. The van der Waals surface area contributed by atoms with Gasteiger partial charge in [-0.2, -0.15) is 0 Å². The van der Waals surface area contributed by atoms with Crippen molar-refractivity contribution in [3.8, 4) is 0 Å². The molecule has 3 heteroatoms. The summed E-state index contributed by atoms with van der Waals surface area (Å²) in [6.45, 7) is 3.45. The zero-order chi connectivity index (χ0) is 14.0. The molecule has 0 saturated carbocycles. The lowest BCUT2D eigenvalue weighted by atomic mass is 9.88. The summed E-state index contributed by atoms with van der Waals surface area (Å²) >= 11 is 3.38. The number of rotatable bonds is 3. The van der Waals surface area contributed by atoms with E-state index >= 15 is 0 Å². The van der Waals surface area contributed by atoms with Crippen LogP contribution >= 0.6 is 15.9 Å². The first-order valence-electron chi connectivity index (χ1n) is 6.12. The molecule has 0 aliphatic carbocycles. The summed E-state index contributed by atoms with van der Waals surface area (Å²) in [7, 11) is 0. The lowest BCUT2D eigenvalue weighted by molar-refractivity contribution is 0.0575. The van der Waals surface area contributed by atoms with E-state index in [9.17, 15) is 9.50 Å². The van der Waals surface area contributed by atoms with E-state index in [1.807, 2.05) is 24.3 Å². The van der Waals surface area contributed by atoms with E-state index in [0.29, 0.717) is 12.0 Å². The van der Waals surface area contributed by atoms with Gasteiger partial charge in [-0.1, -0.05) is 40.2 Å². The predicted octanol–water partition coefficient (Wildman–Crippen LogP) is 4.35. The number of hydrogen-bond acceptors (Lipinski definition) is 1. The van der Waals surface area contributed by atoms with E-state index in [0.717, 1.165) is 15.6 Å². The van der Waals surface area contributed by atoms with Crippen molar-refractivity contribution in [3.05, 3.63) is 69.4 Å². The zero-order valence-electron chi connectivity index (χ0n) is 11.0. The Bertz CT molecular complexity index is 576. The minimum absolute atomic E-state index is 0.247. The van der Waals surface area contributed by atoms with Crippen molar-refractivity contribution in [2.75, 3.05) is 0 Å². The molecule has 19 heavy (non-hydrogen) atoms. The topological polar surface area (TPSA) is 20.2 Å². The van der Waals surface area contributed by atoms with E-state index in [-0.39, 0.29) is 5.82 Å². The summed E-state index contributed by atoms with van der Waals surface area (Å²) in [5, 5.41) is 10.6. The maximum Gasteiger partial charge on any atom is 0.126 e. The smallest absolute Gasteiger partial charge is 0.126 e. The van der Waals surface area contributed by atoms with Gasteiger partial charge in [0.1, 0.15) is 5.82 Å². The quantitative estimate of drug-likeness (QED) is 0.890. The fourth-order valence-electron chi connectivity index (χ4n) is 2.08. The van der Waals surface area contributed by atoms with Gasteiger partial charge >= 0.3 is 0 Å². The highest BCUT2D eigenvalue weighted by Gasteiger charge is 2.24. The number of halogens is 2. The van der Waals surface area contributed by atoms with Crippen molar-refractivity contribution >= 4 is 15.9 Å². The number of aliphatic hydroxyl groups is 1. The third-order valence-electron chi connectivity index (χ3n) is 3.24. The summed E-state index contributed by atoms with van der Waals surface area (Å²) in [5.74, 6) is -0.247. The Hall–Kier alpha value is -1.19. The molecule has 2 aromatic rings. The standard InChI is InChI=1S/C16H16BrFO/c1-11-9-13(5-8-15(11)18)16(2,19)10-12-3-6-14(17)7-4-12/h3-9,19H,10H2,1-2H3. The van der Waals surface area contributed by atoms with Crippen molar-refractivity contribution < 1.29 is 9.50 Å². The average molecular weight is 323 g/mol. The van der Waals surface area contributed by atoms with Crippen molar-refractivity contribution in [1.29, 1.82) is 0 Å². The van der Waals surface area contributed by atoms with Crippen LogP contribution in [0.4, 0.5) is 4.39 Å². The molecule has 0 radical (unpaired) electrons. The van der Waals surface area contributed by atoms with Gasteiger partial charge in [0.25, 0.3) is 0 Å². The van der Waals surface area contributed by atoms with Crippen molar-refractivity contribution in [2.24, 2.45) is 0 Å². The second-order valence-electron chi connectivity index (χ2n) is 5.04. The monoisotopic (exact) mass is 322 g/mol. The molecule has 1 nitrogen and oxygen atoms in total. The van der Waals surface area contributed by atoms with E-state index in [1.54, 1.807) is 26.0 Å². The molecule has 1 N–H and O–H groups in total. The molecule has 1 atom stereocenters. The third kappa shape index (κ3) is 3.43. The Morgan fingerprint density at radius 2 is 1.79 bits per heavy atom. The molecular weight excluding hydrogens is 307 g/mol. The number of benzene rings is 2. The highest BCUT2D eigenvalue weighted by Crippen LogP contribution is 2.27. The summed E-state index contributed by atoms with van der Waals surface area (Å²) in [4.78, 5) is 0. The lowest BCUT2D eigenvalue weighted by Gasteiger charge is -2.24. The van der Waals surface area contributed by atoms with Crippen LogP contribution in [0.15, 0.2) is 46.9 Å². The Kier molecular flexibility index (Phi) is 4.07. The van der Waals surface area contributed by atoms with Crippen LogP contribution in [-0.4, -0.2) is 5.11 Å². The Morgan fingerprint density at radius 1 is 1.16 bits per heavy atom. The van der Waals surface area contributed by atoms with Crippen molar-refractivity contribution in [3.63, 3.8) is 0 Å². The van der Waals surface area contributed by atoms with Crippen LogP contribution in [0.1, 0.15) is 23.6 Å². The Morgan fingerprint density at radius 3 is 2.37 bits per heavy atom. The summed E-state index contributed by atoms with van der Waals surface area (Å²) < 4.78 is 14.3. The molecule has 2 rings (SSSR count). The second-order valence-corrected chi connectivity index (χ2v) is 5.96. The van der Waals surface area contributed by atoms with Gasteiger partial charge in [-0.3, -0.25) is 0 Å². The first kappa shape index (κ1) is 14.2. The van der Waals surface area contributed by atoms with Crippen LogP contribution in [0.5, 0.6) is 0 Å². The van der Waals surface area contributed by atoms with E-state index in [2.05, 4.69) is 15.9 Å². The summed E-state index contributed by atoms with van der Waals surface area (Å²) in [5.41, 5.74) is 1.31. The molecule has 0 fully saturated rings. The minimum Gasteiger partial charge on any atom is -0.385 e. The predicted molar refractivity (Wildman–Crippen MR) is 78.6 cm³/mol. The largest absolute Gasteiger partial charge is 0.385 e. The van der Waals surface area contributed by atoms with E-state index in [4.69, 9.17) is 0 Å². The van der Waals surface area contributed by atoms with Crippen molar-refractivity contribution in [1.82, 2.24) is 0 Å². The molecule has 0 saturated heterocycles. The SMILES string of the molecule is Cc1cc(C(C)(O)Cc2ccc(Br)cc2)ccc1F. The fraction of sp³-hybridized carbons (Fsp3) is 0.250. The molecule has 0 aromatic heterocycles. The van der Waals surface area contributed by atoms with E-state index < -0.39 is 5.60 Å². The van der Waals surface area contributed by atoms with Gasteiger partial charge in [0.15, 0.2) is 0 Å². The van der Waals surface area contributed by atoms with E-state index in [1.165, 1.54) is 6.07 Å². The molecule has 0 spiro atoms. The molecule has 2 aromatic carbocycles.